The van der Waals surface area contributed by atoms with Crippen molar-refractivity contribution in [3.05, 3.63) is 0 Å². The molecule has 0 radical (unpaired) electrons. The van der Waals surface area contributed by atoms with E-state index in [-0.39, 0.29) is 0 Å². The summed E-state index contributed by atoms with van der Waals surface area (Å²) in [5, 5.41) is 0. The summed E-state index contributed by atoms with van der Waals surface area (Å²) in [5.74, 6) is 1.74. The molecule has 0 aromatic carbocycles. The summed E-state index contributed by atoms with van der Waals surface area (Å²) in [6.45, 7) is 14.1. The molecule has 0 rings (SSSR count). The molecule has 0 amide bonds. The summed E-state index contributed by atoms with van der Waals surface area (Å²) in [6, 6.07) is 0. The Labute approximate surface area is 86.7 Å². The van der Waals surface area contributed by atoms with Crippen LogP contribution in [0.15, 0.2) is 0 Å². The molecule has 0 nitrogen and oxygen atoms in total. The molecule has 2 atom stereocenters. The highest BCUT2D eigenvalue weighted by molar-refractivity contribution is 7.39. The van der Waals surface area contributed by atoms with E-state index in [1.807, 2.05) is 0 Å². The van der Waals surface area contributed by atoms with Gasteiger partial charge in [0.05, 0.1) is 0 Å². The zero-order valence-corrected chi connectivity index (χ0v) is 11.2. The molecule has 0 spiro atoms. The van der Waals surface area contributed by atoms with Gasteiger partial charge in [0, 0.05) is 0 Å². The van der Waals surface area contributed by atoms with Gasteiger partial charge in [-0.05, 0) is 36.0 Å². The van der Waals surface area contributed by atoms with Crippen LogP contribution in [0, 0.1) is 11.8 Å². The third kappa shape index (κ3) is 8.75. The van der Waals surface area contributed by atoms with E-state index >= 15 is 0 Å². The summed E-state index contributed by atoms with van der Waals surface area (Å²) >= 11 is 0. The molecule has 0 aromatic rings. The Hall–Kier alpha value is 0.430. The molecule has 0 aromatic heterocycles. The number of hydrogen-bond donors (Lipinski definition) is 0. The van der Waals surface area contributed by atoms with Gasteiger partial charge in [-0.1, -0.05) is 41.5 Å². The van der Waals surface area contributed by atoms with E-state index in [0.29, 0.717) is 0 Å². The summed E-state index contributed by atoms with van der Waals surface area (Å²) < 4.78 is 0. The molecule has 1 heteroatoms. The molecule has 80 valence electrons. The number of hydrogen-bond acceptors (Lipinski definition) is 0. The van der Waals surface area contributed by atoms with E-state index < -0.39 is 0 Å². The largest absolute Gasteiger partial charge is 0.116 e. The van der Waals surface area contributed by atoms with Crippen molar-refractivity contribution in [2.75, 3.05) is 0 Å². The zero-order valence-electron chi connectivity index (χ0n) is 10.2. The fraction of sp³-hybridized carbons (Fsp3) is 1.00. The standard InChI is InChI=1S/C12H27P/c1-9(2)7-11(5)13-12(6)8-10(3)4/h9-13H,7-8H2,1-6H3. The predicted molar refractivity (Wildman–Crippen MR) is 66.1 cm³/mol. The van der Waals surface area contributed by atoms with Gasteiger partial charge in [-0.2, -0.15) is 0 Å². The lowest BCUT2D eigenvalue weighted by Crippen LogP contribution is -2.07. The van der Waals surface area contributed by atoms with Crippen molar-refractivity contribution >= 4 is 8.58 Å². The molecule has 2 unspecified atom stereocenters. The van der Waals surface area contributed by atoms with Crippen molar-refractivity contribution in [1.82, 2.24) is 0 Å². The monoisotopic (exact) mass is 202 g/mol. The van der Waals surface area contributed by atoms with Gasteiger partial charge >= 0.3 is 0 Å². The summed E-state index contributed by atoms with van der Waals surface area (Å²) in [6.07, 6.45) is 2.81. The van der Waals surface area contributed by atoms with E-state index in [1.165, 1.54) is 21.4 Å². The SMILES string of the molecule is CC(C)CC(C)PC(C)CC(C)C. The molecule has 13 heavy (non-hydrogen) atoms. The first-order valence-electron chi connectivity index (χ1n) is 5.67. The Morgan fingerprint density at radius 1 is 0.692 bits per heavy atom. The van der Waals surface area contributed by atoms with Gasteiger partial charge < -0.3 is 0 Å². The van der Waals surface area contributed by atoms with Crippen LogP contribution in [0.4, 0.5) is 0 Å². The van der Waals surface area contributed by atoms with Gasteiger partial charge in [0.1, 0.15) is 0 Å². The van der Waals surface area contributed by atoms with Crippen LogP contribution in [-0.4, -0.2) is 11.3 Å². The molecule has 0 N–H and O–H groups in total. The summed E-state index contributed by atoms with van der Waals surface area (Å²) in [5.41, 5.74) is 1.88. The van der Waals surface area contributed by atoms with E-state index in [0.717, 1.165) is 23.2 Å². The smallest absolute Gasteiger partial charge is 0.0260 e. The Kier molecular flexibility index (Phi) is 7.05. The van der Waals surface area contributed by atoms with Crippen LogP contribution in [-0.2, 0) is 0 Å². The Morgan fingerprint density at radius 3 is 1.23 bits per heavy atom. The first-order chi connectivity index (χ1) is 5.91. The minimum Gasteiger partial charge on any atom is -0.116 e. The topological polar surface area (TPSA) is 0 Å². The molecule has 0 aliphatic rings. The van der Waals surface area contributed by atoms with E-state index in [4.69, 9.17) is 0 Å². The lowest BCUT2D eigenvalue weighted by molar-refractivity contribution is 0.564. The van der Waals surface area contributed by atoms with Gasteiger partial charge in [-0.15, -0.1) is 8.58 Å². The highest BCUT2D eigenvalue weighted by Crippen LogP contribution is 2.32. The van der Waals surface area contributed by atoms with Crippen LogP contribution in [0.5, 0.6) is 0 Å². The van der Waals surface area contributed by atoms with E-state index in [9.17, 15) is 0 Å². The van der Waals surface area contributed by atoms with Crippen LogP contribution in [0.1, 0.15) is 54.4 Å². The molecular weight excluding hydrogens is 175 g/mol. The van der Waals surface area contributed by atoms with Crippen molar-refractivity contribution < 1.29 is 0 Å². The van der Waals surface area contributed by atoms with Crippen LogP contribution in [0.3, 0.4) is 0 Å². The highest BCUT2D eigenvalue weighted by Gasteiger charge is 2.11. The first kappa shape index (κ1) is 13.4. The third-order valence-electron chi connectivity index (χ3n) is 2.22. The Bertz CT molecular complexity index is 104. The fourth-order valence-electron chi connectivity index (χ4n) is 2.04. The zero-order chi connectivity index (χ0) is 10.4. The van der Waals surface area contributed by atoms with Gasteiger partial charge in [0.25, 0.3) is 0 Å². The molecule has 0 saturated carbocycles. The molecule has 0 aliphatic heterocycles. The quantitative estimate of drug-likeness (QED) is 0.555. The first-order valence-corrected chi connectivity index (χ1v) is 6.83. The normalized spacial score (nSPS) is 17.5. The van der Waals surface area contributed by atoms with Crippen molar-refractivity contribution in [2.24, 2.45) is 11.8 Å². The van der Waals surface area contributed by atoms with E-state index in [2.05, 4.69) is 41.5 Å². The molecule has 0 heterocycles. The van der Waals surface area contributed by atoms with Gasteiger partial charge in [0.2, 0.25) is 0 Å². The highest BCUT2D eigenvalue weighted by atomic mass is 31.1. The Morgan fingerprint density at radius 2 is 1.00 bits per heavy atom. The molecular formula is C12H27P. The Balaban J connectivity index is 3.58. The second-order valence-electron chi connectivity index (χ2n) is 5.23. The number of rotatable bonds is 6. The fourth-order valence-corrected chi connectivity index (χ4v) is 4.22. The molecule has 0 fully saturated rings. The second kappa shape index (κ2) is 6.82. The summed E-state index contributed by atoms with van der Waals surface area (Å²) in [4.78, 5) is 0. The minimum atomic E-state index is 0.869. The lowest BCUT2D eigenvalue weighted by atomic mass is 10.1. The molecule has 0 aliphatic carbocycles. The molecule has 0 saturated heterocycles. The maximum absolute atomic E-state index is 2.41. The van der Waals surface area contributed by atoms with Crippen LogP contribution in [0.2, 0.25) is 0 Å². The van der Waals surface area contributed by atoms with Crippen molar-refractivity contribution in [2.45, 2.75) is 65.7 Å². The van der Waals surface area contributed by atoms with E-state index in [1.54, 1.807) is 0 Å². The summed E-state index contributed by atoms with van der Waals surface area (Å²) in [7, 11) is 1.17. The van der Waals surface area contributed by atoms with Crippen molar-refractivity contribution in [3.8, 4) is 0 Å². The minimum absolute atomic E-state index is 0.869. The maximum atomic E-state index is 2.41. The van der Waals surface area contributed by atoms with Gasteiger partial charge in [0.15, 0.2) is 0 Å². The average molecular weight is 202 g/mol. The van der Waals surface area contributed by atoms with Crippen LogP contribution in [0.25, 0.3) is 0 Å². The van der Waals surface area contributed by atoms with Crippen molar-refractivity contribution in [1.29, 1.82) is 0 Å². The predicted octanol–water partition coefficient (Wildman–Crippen LogP) is 4.53. The second-order valence-corrected chi connectivity index (χ2v) is 7.53. The third-order valence-corrected chi connectivity index (χ3v) is 3.83. The van der Waals surface area contributed by atoms with Crippen molar-refractivity contribution in [3.63, 3.8) is 0 Å². The van der Waals surface area contributed by atoms with Gasteiger partial charge in [-0.25, -0.2) is 0 Å². The lowest BCUT2D eigenvalue weighted by Gasteiger charge is -2.20. The molecule has 0 bridgehead atoms. The average Bonchev–Trinajstić information content (AvgIpc) is 1.80. The van der Waals surface area contributed by atoms with Gasteiger partial charge in [-0.3, -0.25) is 0 Å². The maximum Gasteiger partial charge on any atom is -0.0260 e. The van der Waals surface area contributed by atoms with Crippen LogP contribution >= 0.6 is 8.58 Å². The van der Waals surface area contributed by atoms with Crippen LogP contribution < -0.4 is 0 Å².